The Balaban J connectivity index is 2.06. The highest BCUT2D eigenvalue weighted by Crippen LogP contribution is 2.51. The Labute approximate surface area is 261 Å². The molecular formula is C34H34NO7PS. The minimum Gasteiger partial charge on any atom is -0.457 e. The monoisotopic (exact) mass is 631 g/mol. The predicted octanol–water partition coefficient (Wildman–Crippen LogP) is 4.63. The second-order valence-electron chi connectivity index (χ2n) is 9.79. The Bertz CT molecular complexity index is 1470. The molecule has 3 atom stereocenters. The van der Waals surface area contributed by atoms with E-state index in [1.54, 1.807) is 6.92 Å². The third-order valence-corrected chi connectivity index (χ3v) is 12.3. The van der Waals surface area contributed by atoms with Gasteiger partial charge >= 0.3 is 12.1 Å². The van der Waals surface area contributed by atoms with Gasteiger partial charge in [0.15, 0.2) is 5.12 Å². The van der Waals surface area contributed by atoms with E-state index >= 15 is 0 Å². The second-order valence-corrected chi connectivity index (χ2v) is 14.4. The Morgan fingerprint density at radius 2 is 1.30 bits per heavy atom. The highest BCUT2D eigenvalue weighted by atomic mass is 32.2. The van der Waals surface area contributed by atoms with E-state index in [0.29, 0.717) is 0 Å². The Kier molecular flexibility index (Phi) is 11.0. The van der Waals surface area contributed by atoms with Gasteiger partial charge in [0.1, 0.15) is 36.0 Å². The SMILES string of the molecule is C=CCOC(=O)OC(C)[C@H]1C(=O)N(C(C(=O)OCC=C)=P(c2ccccc2)(c2ccccc2)c2ccccc2)[C@@H]1SC(C)=O. The molecule has 1 aliphatic rings. The molecule has 1 saturated heterocycles. The molecule has 0 aliphatic carbocycles. The van der Waals surface area contributed by atoms with Crippen LogP contribution in [0.5, 0.6) is 0 Å². The first-order valence-corrected chi connectivity index (χ1v) is 16.6. The molecule has 10 heteroatoms. The van der Waals surface area contributed by atoms with E-state index in [9.17, 15) is 19.2 Å². The quantitative estimate of drug-likeness (QED) is 0.124. The Hall–Kier alpha value is -4.33. The van der Waals surface area contributed by atoms with Crippen molar-refractivity contribution in [1.29, 1.82) is 0 Å². The molecule has 0 bridgehead atoms. The van der Waals surface area contributed by atoms with E-state index < -0.39 is 42.3 Å². The van der Waals surface area contributed by atoms with Crippen LogP contribution in [0.2, 0.25) is 0 Å². The predicted molar refractivity (Wildman–Crippen MR) is 176 cm³/mol. The lowest BCUT2D eigenvalue weighted by Crippen LogP contribution is -2.67. The average molecular weight is 632 g/mol. The number of hydrogen-bond acceptors (Lipinski definition) is 8. The highest BCUT2D eigenvalue weighted by Gasteiger charge is 2.57. The van der Waals surface area contributed by atoms with Crippen molar-refractivity contribution in [3.63, 3.8) is 0 Å². The van der Waals surface area contributed by atoms with E-state index in [2.05, 4.69) is 13.2 Å². The van der Waals surface area contributed by atoms with Gasteiger partial charge in [-0.1, -0.05) is 128 Å². The van der Waals surface area contributed by atoms with Crippen molar-refractivity contribution in [2.75, 3.05) is 13.2 Å². The van der Waals surface area contributed by atoms with Crippen LogP contribution in [0.25, 0.3) is 0 Å². The van der Waals surface area contributed by atoms with Crippen LogP contribution >= 0.6 is 18.6 Å². The maximum Gasteiger partial charge on any atom is 0.508 e. The number of carbonyl (C=O) groups is 4. The zero-order chi connectivity index (χ0) is 31.7. The van der Waals surface area contributed by atoms with Gasteiger partial charge in [0, 0.05) is 13.8 Å². The number of ether oxygens (including phenoxy) is 3. The van der Waals surface area contributed by atoms with E-state index in [4.69, 9.17) is 14.2 Å². The molecule has 44 heavy (non-hydrogen) atoms. The van der Waals surface area contributed by atoms with Gasteiger partial charge in [0.05, 0.1) is 0 Å². The summed E-state index contributed by atoms with van der Waals surface area (Å²) in [6.07, 6.45) is 0.921. The van der Waals surface area contributed by atoms with Crippen molar-refractivity contribution in [3.05, 3.63) is 116 Å². The lowest BCUT2D eigenvalue weighted by Gasteiger charge is -2.50. The van der Waals surface area contributed by atoms with Gasteiger partial charge in [0.25, 0.3) is 0 Å². The maximum atomic E-state index is 14.4. The number of likely N-dealkylation sites (tertiary alicyclic amines) is 1. The largest absolute Gasteiger partial charge is 0.508 e. The van der Waals surface area contributed by atoms with Crippen LogP contribution in [0.3, 0.4) is 0 Å². The van der Waals surface area contributed by atoms with Gasteiger partial charge in [-0.25, -0.2) is 9.59 Å². The number of β-lactam (4-membered cyclic amide) rings is 1. The number of rotatable bonds is 12. The summed E-state index contributed by atoms with van der Waals surface area (Å²) >= 11 is 0.893. The van der Waals surface area contributed by atoms with E-state index in [1.807, 2.05) is 91.0 Å². The van der Waals surface area contributed by atoms with Gasteiger partial charge in [-0.15, -0.1) is 0 Å². The van der Waals surface area contributed by atoms with Crippen LogP contribution in [0.4, 0.5) is 4.79 Å². The van der Waals surface area contributed by atoms with Crippen molar-refractivity contribution < 1.29 is 33.4 Å². The molecule has 0 N–H and O–H groups in total. The molecule has 228 valence electrons. The van der Waals surface area contributed by atoms with Gasteiger partial charge in [-0.2, -0.15) is 0 Å². The summed E-state index contributed by atoms with van der Waals surface area (Å²) in [5.41, 5.74) is 0.115. The molecule has 0 spiro atoms. The van der Waals surface area contributed by atoms with Crippen molar-refractivity contribution in [3.8, 4) is 0 Å². The number of hydrogen-bond donors (Lipinski definition) is 0. The molecule has 4 rings (SSSR count). The van der Waals surface area contributed by atoms with Crippen LogP contribution in [0.1, 0.15) is 13.8 Å². The molecule has 0 radical (unpaired) electrons. The van der Waals surface area contributed by atoms with Crippen LogP contribution in [0, 0.1) is 5.92 Å². The highest BCUT2D eigenvalue weighted by molar-refractivity contribution is 8.14. The number of nitrogens with zero attached hydrogens (tertiary/aromatic N) is 1. The van der Waals surface area contributed by atoms with Crippen LogP contribution in [0.15, 0.2) is 116 Å². The van der Waals surface area contributed by atoms with Crippen molar-refractivity contribution >= 4 is 63.1 Å². The van der Waals surface area contributed by atoms with Gasteiger partial charge in [-0.05, 0) is 22.8 Å². The van der Waals surface area contributed by atoms with Crippen molar-refractivity contribution in [2.45, 2.75) is 25.3 Å². The number of benzene rings is 3. The average Bonchev–Trinajstić information content (AvgIpc) is 3.03. The zero-order valence-corrected chi connectivity index (χ0v) is 26.2. The molecule has 1 aliphatic heterocycles. The summed E-state index contributed by atoms with van der Waals surface area (Å²) in [7, 11) is 0. The fraction of sp³-hybridized carbons (Fsp3) is 0.206. The Morgan fingerprint density at radius 3 is 1.73 bits per heavy atom. The van der Waals surface area contributed by atoms with Crippen LogP contribution in [-0.4, -0.2) is 58.2 Å². The smallest absolute Gasteiger partial charge is 0.457 e. The molecule has 3 aromatic rings. The third kappa shape index (κ3) is 6.59. The first-order chi connectivity index (χ1) is 21.3. The molecular weight excluding hydrogens is 597 g/mol. The van der Waals surface area contributed by atoms with Crippen molar-refractivity contribution in [2.24, 2.45) is 5.92 Å². The number of thioether (sulfide) groups is 1. The molecule has 3 aromatic carbocycles. The van der Waals surface area contributed by atoms with Crippen molar-refractivity contribution in [1.82, 2.24) is 4.90 Å². The standard InChI is InChI=1S/C34H34NO7PS/c1-5-22-40-33(38)31(35-30(37)29(32(35)44-25(4)36)24(3)42-34(39)41-23-6-2)43(26-16-10-7-11-17-26,27-18-12-8-13-19-27)28-20-14-9-15-21-28/h5-21,24,29,32H,1-2,22-23H2,3-4H3/t24?,29-,32+/m0/s1. The molecule has 1 unspecified atom stereocenters. The molecule has 1 heterocycles. The number of carbonyl (C=O) groups excluding carboxylic acids is 4. The molecule has 8 nitrogen and oxygen atoms in total. The summed E-state index contributed by atoms with van der Waals surface area (Å²) in [5.74, 6) is -2.13. The second kappa shape index (κ2) is 14.9. The van der Waals surface area contributed by atoms with E-state index in [0.717, 1.165) is 27.7 Å². The Morgan fingerprint density at radius 1 is 0.841 bits per heavy atom. The molecule has 0 saturated carbocycles. The first kappa shape index (κ1) is 32.6. The number of esters is 1. The zero-order valence-electron chi connectivity index (χ0n) is 24.5. The maximum absolute atomic E-state index is 14.4. The molecule has 0 aromatic heterocycles. The summed E-state index contributed by atoms with van der Waals surface area (Å²) in [6.45, 7) is 6.84. The van der Waals surface area contributed by atoms with Gasteiger partial charge in [0.2, 0.25) is 5.91 Å². The summed E-state index contributed by atoms with van der Waals surface area (Å²) in [4.78, 5) is 54.9. The topological polar surface area (TPSA) is 99.2 Å². The molecule has 1 fully saturated rings. The van der Waals surface area contributed by atoms with Gasteiger partial charge in [-0.3, -0.25) is 14.5 Å². The summed E-state index contributed by atoms with van der Waals surface area (Å²) in [5, 5.41) is 1.28. The van der Waals surface area contributed by atoms with Crippen LogP contribution < -0.4 is 15.9 Å². The third-order valence-electron chi connectivity index (χ3n) is 6.97. The summed E-state index contributed by atoms with van der Waals surface area (Å²) in [6, 6.07) is 28.6. The summed E-state index contributed by atoms with van der Waals surface area (Å²) < 4.78 is 16.1. The fourth-order valence-electron chi connectivity index (χ4n) is 5.19. The lowest BCUT2D eigenvalue weighted by atomic mass is 9.92. The normalized spacial score (nSPS) is 16.6. The number of amides is 1. The lowest BCUT2D eigenvalue weighted by molar-refractivity contribution is -0.152. The minimum atomic E-state index is -3.15. The van der Waals surface area contributed by atoms with E-state index in [1.165, 1.54) is 24.0 Å². The minimum absolute atomic E-state index is 0.0623. The fourth-order valence-corrected chi connectivity index (χ4v) is 10.8. The van der Waals surface area contributed by atoms with E-state index in [-0.39, 0.29) is 23.7 Å². The van der Waals surface area contributed by atoms with Gasteiger partial charge < -0.3 is 14.2 Å². The first-order valence-electron chi connectivity index (χ1n) is 13.9. The molecule has 1 amide bonds. The van der Waals surface area contributed by atoms with Crippen LogP contribution in [-0.2, 0) is 28.6 Å².